The number of carbonyl (C=O) groups is 1. The average molecular weight is 290 g/mol. The molecule has 1 fully saturated rings. The highest BCUT2D eigenvalue weighted by Gasteiger charge is 2.18. The van der Waals surface area contributed by atoms with Crippen molar-refractivity contribution in [3.8, 4) is 0 Å². The Labute approximate surface area is 115 Å². The smallest absolute Gasteiger partial charge is 0.236 e. The molecule has 0 spiro atoms. The number of hydrogen-bond acceptors (Lipinski definition) is 6. The summed E-state index contributed by atoms with van der Waals surface area (Å²) in [5.41, 5.74) is 0. The molecule has 0 radical (unpaired) electrons. The van der Waals surface area contributed by atoms with E-state index in [1.54, 1.807) is 0 Å². The van der Waals surface area contributed by atoms with E-state index < -0.39 is 0 Å². The largest absolute Gasteiger partial charge is 0.339 e. The number of aromatic nitrogens is 2. The topological polar surface area (TPSA) is 61.4 Å². The van der Waals surface area contributed by atoms with Crippen LogP contribution in [-0.2, 0) is 11.3 Å². The second-order valence-electron chi connectivity index (χ2n) is 4.25. The first-order valence-electron chi connectivity index (χ1n) is 5.80. The maximum absolute atomic E-state index is 12.0. The van der Waals surface area contributed by atoms with E-state index >= 15 is 0 Å². The van der Waals surface area contributed by atoms with Gasteiger partial charge in [0.1, 0.15) is 5.01 Å². The molecule has 0 bridgehead atoms. The minimum absolute atomic E-state index is 0.162. The standard InChI is InChI=1S/C10H16ClN5OS/c1-15(6-8-13-14-10(11)18-8)7-9(17)16-4-2-12-3-5-16/h12H,2-7H2,1H3. The number of likely N-dealkylation sites (N-methyl/N-ethyl adjacent to an activating group) is 1. The van der Waals surface area contributed by atoms with E-state index in [1.165, 1.54) is 11.3 Å². The third-order valence-electron chi connectivity index (χ3n) is 2.72. The zero-order valence-corrected chi connectivity index (χ0v) is 11.8. The Hall–Kier alpha value is -0.760. The number of amides is 1. The van der Waals surface area contributed by atoms with Crippen LogP contribution in [0.25, 0.3) is 0 Å². The summed E-state index contributed by atoms with van der Waals surface area (Å²) in [4.78, 5) is 15.8. The van der Waals surface area contributed by atoms with Crippen LogP contribution in [0.3, 0.4) is 0 Å². The lowest BCUT2D eigenvalue weighted by molar-refractivity contribution is -0.132. The SMILES string of the molecule is CN(CC(=O)N1CCNCC1)Cc1nnc(Cl)s1. The molecule has 0 atom stereocenters. The van der Waals surface area contributed by atoms with Crippen molar-refractivity contribution >= 4 is 28.8 Å². The monoisotopic (exact) mass is 289 g/mol. The normalized spacial score (nSPS) is 16.3. The third-order valence-corrected chi connectivity index (χ3v) is 3.73. The van der Waals surface area contributed by atoms with Crippen molar-refractivity contribution in [3.63, 3.8) is 0 Å². The van der Waals surface area contributed by atoms with Crippen molar-refractivity contribution in [1.82, 2.24) is 25.3 Å². The lowest BCUT2D eigenvalue weighted by Crippen LogP contribution is -2.49. The van der Waals surface area contributed by atoms with Crippen molar-refractivity contribution in [2.45, 2.75) is 6.54 Å². The van der Waals surface area contributed by atoms with Crippen LogP contribution >= 0.6 is 22.9 Å². The number of rotatable bonds is 4. The molecule has 18 heavy (non-hydrogen) atoms. The maximum Gasteiger partial charge on any atom is 0.236 e. The van der Waals surface area contributed by atoms with Crippen LogP contribution < -0.4 is 5.32 Å². The molecule has 0 saturated carbocycles. The van der Waals surface area contributed by atoms with Crippen LogP contribution in [0.15, 0.2) is 0 Å². The Morgan fingerprint density at radius 1 is 1.50 bits per heavy atom. The highest BCUT2D eigenvalue weighted by Crippen LogP contribution is 2.15. The molecule has 0 unspecified atom stereocenters. The first kappa shape index (κ1) is 13.7. The fourth-order valence-electron chi connectivity index (χ4n) is 1.83. The molecule has 0 aliphatic carbocycles. The summed E-state index contributed by atoms with van der Waals surface area (Å²) in [5, 5.41) is 11.7. The molecule has 1 aliphatic heterocycles. The third kappa shape index (κ3) is 3.88. The number of nitrogens with one attached hydrogen (secondary N) is 1. The summed E-state index contributed by atoms with van der Waals surface area (Å²) >= 11 is 7.06. The zero-order chi connectivity index (χ0) is 13.0. The van der Waals surface area contributed by atoms with E-state index in [9.17, 15) is 4.79 Å². The molecule has 8 heteroatoms. The van der Waals surface area contributed by atoms with Gasteiger partial charge in [-0.2, -0.15) is 0 Å². The lowest BCUT2D eigenvalue weighted by Gasteiger charge is -2.29. The second kappa shape index (κ2) is 6.42. The molecule has 1 aromatic rings. The van der Waals surface area contributed by atoms with Crippen molar-refractivity contribution < 1.29 is 4.79 Å². The number of hydrogen-bond donors (Lipinski definition) is 1. The van der Waals surface area contributed by atoms with Crippen molar-refractivity contribution in [1.29, 1.82) is 0 Å². The number of carbonyl (C=O) groups excluding carboxylic acids is 1. The summed E-state index contributed by atoms with van der Waals surface area (Å²) in [5.74, 6) is 0.162. The second-order valence-corrected chi connectivity index (χ2v) is 5.90. The van der Waals surface area contributed by atoms with Crippen LogP contribution in [0, 0.1) is 0 Å². The quantitative estimate of drug-likeness (QED) is 0.849. The van der Waals surface area contributed by atoms with Gasteiger partial charge in [-0.15, -0.1) is 10.2 Å². The molecule has 1 saturated heterocycles. The van der Waals surface area contributed by atoms with E-state index in [-0.39, 0.29) is 5.91 Å². The minimum atomic E-state index is 0.162. The molecule has 2 heterocycles. The molecule has 0 aromatic carbocycles. The van der Waals surface area contributed by atoms with Crippen molar-refractivity contribution in [2.75, 3.05) is 39.8 Å². The van der Waals surface area contributed by atoms with Gasteiger partial charge in [-0.25, -0.2) is 0 Å². The van der Waals surface area contributed by atoms with Gasteiger partial charge in [-0.3, -0.25) is 9.69 Å². The Bertz CT molecular complexity index is 407. The number of nitrogens with zero attached hydrogens (tertiary/aromatic N) is 4. The fraction of sp³-hybridized carbons (Fsp3) is 0.700. The number of piperazine rings is 1. The number of halogens is 1. The van der Waals surface area contributed by atoms with Gasteiger partial charge in [0.15, 0.2) is 0 Å². The molecule has 1 N–H and O–H groups in total. The Kier molecular flexibility index (Phi) is 4.87. The molecule has 1 amide bonds. The van der Waals surface area contributed by atoms with Gasteiger partial charge in [0.25, 0.3) is 0 Å². The van der Waals surface area contributed by atoms with E-state index in [0.717, 1.165) is 31.2 Å². The van der Waals surface area contributed by atoms with Crippen LogP contribution in [-0.4, -0.2) is 65.7 Å². The van der Waals surface area contributed by atoms with Gasteiger partial charge < -0.3 is 10.2 Å². The highest BCUT2D eigenvalue weighted by atomic mass is 35.5. The van der Waals surface area contributed by atoms with Crippen LogP contribution in [0.2, 0.25) is 4.47 Å². The van der Waals surface area contributed by atoms with Crippen molar-refractivity contribution in [2.24, 2.45) is 0 Å². The van der Waals surface area contributed by atoms with E-state index in [4.69, 9.17) is 11.6 Å². The summed E-state index contributed by atoms with van der Waals surface area (Å²) in [6.07, 6.45) is 0. The minimum Gasteiger partial charge on any atom is -0.339 e. The van der Waals surface area contributed by atoms with Crippen LogP contribution in [0.1, 0.15) is 5.01 Å². The van der Waals surface area contributed by atoms with Gasteiger partial charge in [-0.1, -0.05) is 11.3 Å². The Morgan fingerprint density at radius 2 is 2.22 bits per heavy atom. The van der Waals surface area contributed by atoms with E-state index in [2.05, 4.69) is 15.5 Å². The Balaban J connectivity index is 1.79. The predicted molar refractivity (Wildman–Crippen MR) is 70.7 cm³/mol. The van der Waals surface area contributed by atoms with Crippen molar-refractivity contribution in [3.05, 3.63) is 9.47 Å². The highest BCUT2D eigenvalue weighted by molar-refractivity contribution is 7.15. The Morgan fingerprint density at radius 3 is 2.83 bits per heavy atom. The van der Waals surface area contributed by atoms with Gasteiger partial charge in [0.2, 0.25) is 10.4 Å². The predicted octanol–water partition coefficient (Wildman–Crippen LogP) is 0.0551. The lowest BCUT2D eigenvalue weighted by atomic mass is 10.3. The zero-order valence-electron chi connectivity index (χ0n) is 10.2. The molecule has 1 aromatic heterocycles. The molecule has 1 aliphatic rings. The summed E-state index contributed by atoms with van der Waals surface area (Å²) < 4.78 is 0.437. The van der Waals surface area contributed by atoms with Gasteiger partial charge in [0.05, 0.1) is 13.1 Å². The molecular weight excluding hydrogens is 274 g/mol. The summed E-state index contributed by atoms with van der Waals surface area (Å²) in [7, 11) is 1.90. The molecule has 2 rings (SSSR count). The fourth-order valence-corrected chi connectivity index (χ4v) is 2.78. The first-order chi connectivity index (χ1) is 8.65. The van der Waals surface area contributed by atoms with E-state index in [1.807, 2.05) is 16.8 Å². The summed E-state index contributed by atoms with van der Waals surface area (Å²) in [6, 6.07) is 0. The molecular formula is C10H16ClN5OS. The van der Waals surface area contributed by atoms with Crippen LogP contribution in [0.4, 0.5) is 0 Å². The van der Waals surface area contributed by atoms with Crippen LogP contribution in [0.5, 0.6) is 0 Å². The average Bonchev–Trinajstić information content (AvgIpc) is 2.75. The van der Waals surface area contributed by atoms with E-state index in [0.29, 0.717) is 17.6 Å². The molecule has 6 nitrogen and oxygen atoms in total. The molecule has 100 valence electrons. The first-order valence-corrected chi connectivity index (χ1v) is 6.99. The maximum atomic E-state index is 12.0. The van der Waals surface area contributed by atoms with Gasteiger partial charge in [0, 0.05) is 26.2 Å². The summed E-state index contributed by atoms with van der Waals surface area (Å²) in [6.45, 7) is 4.33. The van der Waals surface area contributed by atoms with Gasteiger partial charge in [-0.05, 0) is 18.6 Å². The van der Waals surface area contributed by atoms with Gasteiger partial charge >= 0.3 is 0 Å².